The Morgan fingerprint density at radius 2 is 1.92 bits per heavy atom. The molecular weight excluding hydrogens is 336 g/mol. The third-order valence-corrected chi connectivity index (χ3v) is 4.34. The number of nitrogens with one attached hydrogen (secondary N) is 2. The molecule has 0 atom stereocenters. The summed E-state index contributed by atoms with van der Waals surface area (Å²) in [6.07, 6.45) is 1.35. The Morgan fingerprint density at radius 1 is 1.08 bits per heavy atom. The second kappa shape index (κ2) is 5.09. The maximum atomic E-state index is 11.9. The van der Waals surface area contributed by atoms with Crippen LogP contribution in [0.1, 0.15) is 6.92 Å². The van der Waals surface area contributed by atoms with E-state index in [2.05, 4.69) is 30.2 Å². The topological polar surface area (TPSA) is 127 Å². The van der Waals surface area contributed by atoms with Gasteiger partial charge in [-0.3, -0.25) is 14.8 Å². The molecule has 5 rings (SSSR count). The number of aromatic nitrogens is 8. The zero-order chi connectivity index (χ0) is 17.8. The van der Waals surface area contributed by atoms with Crippen LogP contribution in [-0.2, 0) is 6.54 Å². The fraction of sp³-hybridized carbons (Fsp3) is 0.125. The fourth-order valence-corrected chi connectivity index (χ4v) is 3.20. The molecule has 0 radical (unpaired) electrons. The summed E-state index contributed by atoms with van der Waals surface area (Å²) in [7, 11) is 0. The molecule has 26 heavy (non-hydrogen) atoms. The number of hydrogen-bond acceptors (Lipinski definition) is 6. The average molecular weight is 348 g/mol. The van der Waals surface area contributed by atoms with Gasteiger partial charge in [-0.1, -0.05) is 18.2 Å². The van der Waals surface area contributed by atoms with Gasteiger partial charge in [0.05, 0.1) is 11.7 Å². The Balaban J connectivity index is 1.85. The highest BCUT2D eigenvalue weighted by atomic mass is 16.2. The summed E-state index contributed by atoms with van der Waals surface area (Å²) < 4.78 is 3.33. The van der Waals surface area contributed by atoms with Crippen molar-refractivity contribution in [2.45, 2.75) is 13.5 Å². The molecule has 5 aromatic rings. The van der Waals surface area contributed by atoms with Crippen LogP contribution in [0.3, 0.4) is 0 Å². The van der Waals surface area contributed by atoms with E-state index < -0.39 is 11.2 Å². The molecular formula is C16H12N8O2. The third-order valence-electron chi connectivity index (χ3n) is 4.34. The Labute approximate surface area is 144 Å². The SMILES string of the molecule is CCn1c2ccccc2c2nnc(-n3ncc4c(=O)[nH]c(=O)[nH]c43)nc21. The zero-order valence-corrected chi connectivity index (χ0v) is 13.6. The Hall–Kier alpha value is -3.82. The fourth-order valence-electron chi connectivity index (χ4n) is 3.20. The van der Waals surface area contributed by atoms with Gasteiger partial charge in [0.25, 0.3) is 11.5 Å². The van der Waals surface area contributed by atoms with Crippen LogP contribution < -0.4 is 11.2 Å². The van der Waals surface area contributed by atoms with E-state index in [1.807, 2.05) is 35.8 Å². The third kappa shape index (κ3) is 1.86. The number of nitrogens with zero attached hydrogens (tertiary/aromatic N) is 6. The van der Waals surface area contributed by atoms with Gasteiger partial charge in [0.2, 0.25) is 0 Å². The number of aryl methyl sites for hydroxylation is 1. The molecule has 10 nitrogen and oxygen atoms in total. The molecule has 1 aromatic carbocycles. The summed E-state index contributed by atoms with van der Waals surface area (Å²) in [5, 5.41) is 13.8. The van der Waals surface area contributed by atoms with Crippen molar-refractivity contribution in [1.82, 2.24) is 39.5 Å². The maximum Gasteiger partial charge on any atom is 0.327 e. The van der Waals surface area contributed by atoms with Crippen molar-refractivity contribution in [2.75, 3.05) is 0 Å². The molecule has 4 heterocycles. The summed E-state index contributed by atoms with van der Waals surface area (Å²) in [6.45, 7) is 2.73. The Bertz CT molecular complexity index is 1420. The summed E-state index contributed by atoms with van der Waals surface area (Å²) in [5.74, 6) is 0.172. The molecule has 0 aliphatic rings. The van der Waals surface area contributed by atoms with Gasteiger partial charge in [0.15, 0.2) is 11.3 Å². The lowest BCUT2D eigenvalue weighted by Gasteiger charge is -2.03. The van der Waals surface area contributed by atoms with E-state index in [9.17, 15) is 9.59 Å². The molecule has 0 saturated carbocycles. The number of hydrogen-bond donors (Lipinski definition) is 2. The quantitative estimate of drug-likeness (QED) is 0.484. The van der Waals surface area contributed by atoms with Crippen molar-refractivity contribution in [3.05, 3.63) is 51.3 Å². The molecule has 0 amide bonds. The lowest BCUT2D eigenvalue weighted by Crippen LogP contribution is -2.22. The molecule has 0 aliphatic carbocycles. The smallest absolute Gasteiger partial charge is 0.324 e. The van der Waals surface area contributed by atoms with Gasteiger partial charge in [-0.2, -0.15) is 14.8 Å². The van der Waals surface area contributed by atoms with Crippen molar-refractivity contribution in [3.63, 3.8) is 0 Å². The minimum absolute atomic E-state index is 0.172. The van der Waals surface area contributed by atoms with E-state index in [4.69, 9.17) is 0 Å². The van der Waals surface area contributed by atoms with Crippen molar-refractivity contribution in [3.8, 4) is 5.95 Å². The molecule has 4 aromatic heterocycles. The van der Waals surface area contributed by atoms with Crippen LogP contribution in [0.4, 0.5) is 0 Å². The molecule has 0 bridgehead atoms. The van der Waals surface area contributed by atoms with Crippen LogP contribution >= 0.6 is 0 Å². The molecule has 128 valence electrons. The van der Waals surface area contributed by atoms with Crippen LogP contribution in [0.2, 0.25) is 0 Å². The summed E-state index contributed by atoms with van der Waals surface area (Å²) >= 11 is 0. The number of H-pyrrole nitrogens is 2. The summed E-state index contributed by atoms with van der Waals surface area (Å²) in [6, 6.07) is 7.87. The van der Waals surface area contributed by atoms with Crippen molar-refractivity contribution >= 4 is 33.1 Å². The van der Waals surface area contributed by atoms with E-state index in [1.54, 1.807) is 0 Å². The van der Waals surface area contributed by atoms with E-state index >= 15 is 0 Å². The van der Waals surface area contributed by atoms with Gasteiger partial charge in [-0.25, -0.2) is 4.79 Å². The predicted octanol–water partition coefficient (Wildman–Crippen LogP) is 0.715. The standard InChI is InChI=1S/C16H12N8O2/c1-2-23-10-6-4-3-5-8(10)11-13(23)18-15(22-21-11)24-12-9(7-17-24)14(25)20-16(26)19-12/h3-7H,2H2,1H3,(H2,19,20,25,26). The van der Waals surface area contributed by atoms with E-state index in [1.165, 1.54) is 10.9 Å². The van der Waals surface area contributed by atoms with Crippen molar-refractivity contribution < 1.29 is 0 Å². The molecule has 2 N–H and O–H groups in total. The number of rotatable bonds is 2. The second-order valence-corrected chi connectivity index (χ2v) is 5.77. The van der Waals surface area contributed by atoms with Gasteiger partial charge in [-0.15, -0.1) is 10.2 Å². The number of aromatic amines is 2. The highest BCUT2D eigenvalue weighted by molar-refractivity contribution is 6.04. The van der Waals surface area contributed by atoms with Crippen LogP contribution in [0.5, 0.6) is 0 Å². The molecule has 0 saturated heterocycles. The van der Waals surface area contributed by atoms with E-state index in [0.717, 1.165) is 10.9 Å². The summed E-state index contributed by atoms with van der Waals surface area (Å²) in [4.78, 5) is 32.8. The Morgan fingerprint density at radius 3 is 2.77 bits per heavy atom. The van der Waals surface area contributed by atoms with E-state index in [0.29, 0.717) is 17.7 Å². The first kappa shape index (κ1) is 14.5. The normalized spacial score (nSPS) is 11.7. The number of para-hydroxylation sites is 1. The lowest BCUT2D eigenvalue weighted by atomic mass is 10.2. The molecule has 0 unspecified atom stereocenters. The summed E-state index contributed by atoms with van der Waals surface area (Å²) in [5.41, 5.74) is 1.44. The minimum atomic E-state index is -0.624. The maximum absolute atomic E-state index is 11.9. The first-order chi connectivity index (χ1) is 12.7. The van der Waals surface area contributed by atoms with Gasteiger partial charge in [0.1, 0.15) is 10.9 Å². The predicted molar refractivity (Wildman–Crippen MR) is 94.4 cm³/mol. The minimum Gasteiger partial charge on any atom is -0.324 e. The average Bonchev–Trinajstić information content (AvgIpc) is 3.20. The van der Waals surface area contributed by atoms with Crippen LogP contribution in [0, 0.1) is 0 Å². The van der Waals surface area contributed by atoms with Gasteiger partial charge >= 0.3 is 5.69 Å². The van der Waals surface area contributed by atoms with Crippen LogP contribution in [0.15, 0.2) is 40.1 Å². The molecule has 0 spiro atoms. The second-order valence-electron chi connectivity index (χ2n) is 5.77. The molecule has 0 fully saturated rings. The van der Waals surface area contributed by atoms with Crippen LogP contribution in [0.25, 0.3) is 39.0 Å². The van der Waals surface area contributed by atoms with Crippen molar-refractivity contribution in [1.29, 1.82) is 0 Å². The zero-order valence-electron chi connectivity index (χ0n) is 13.6. The van der Waals surface area contributed by atoms with Crippen LogP contribution in [-0.4, -0.2) is 39.5 Å². The Kier molecular flexibility index (Phi) is 2.84. The number of benzene rings is 1. The van der Waals surface area contributed by atoms with Gasteiger partial charge in [0, 0.05) is 11.9 Å². The molecule has 10 heteroatoms. The largest absolute Gasteiger partial charge is 0.327 e. The van der Waals surface area contributed by atoms with Gasteiger partial charge in [-0.05, 0) is 13.0 Å². The van der Waals surface area contributed by atoms with Crippen molar-refractivity contribution in [2.24, 2.45) is 0 Å². The first-order valence-corrected chi connectivity index (χ1v) is 7.99. The highest BCUT2D eigenvalue weighted by Gasteiger charge is 2.16. The first-order valence-electron chi connectivity index (χ1n) is 7.99. The molecule has 0 aliphatic heterocycles. The monoisotopic (exact) mass is 348 g/mol. The lowest BCUT2D eigenvalue weighted by molar-refractivity contribution is 0.772. The van der Waals surface area contributed by atoms with E-state index in [-0.39, 0.29) is 17.0 Å². The highest BCUT2D eigenvalue weighted by Crippen LogP contribution is 2.26. The van der Waals surface area contributed by atoms with Gasteiger partial charge < -0.3 is 4.57 Å². The number of fused-ring (bicyclic) bond motifs is 4.